The molecule has 0 saturated heterocycles. The summed E-state index contributed by atoms with van der Waals surface area (Å²) in [5, 5.41) is 16.5. The number of benzene rings is 2. The number of ether oxygens (including phenoxy) is 1. The fourth-order valence-corrected chi connectivity index (χ4v) is 2.76. The van der Waals surface area contributed by atoms with Gasteiger partial charge in [-0.25, -0.2) is 4.79 Å². The first-order valence-corrected chi connectivity index (χ1v) is 9.50. The molecule has 0 aliphatic heterocycles. The van der Waals surface area contributed by atoms with Gasteiger partial charge in [-0.2, -0.15) is 0 Å². The van der Waals surface area contributed by atoms with E-state index in [9.17, 15) is 24.5 Å². The molecule has 10 heteroatoms. The highest BCUT2D eigenvalue weighted by Crippen LogP contribution is 2.23. The number of carbonyl (C=O) groups excluding carboxylic acids is 3. The van der Waals surface area contributed by atoms with E-state index in [1.54, 1.807) is 6.92 Å². The van der Waals surface area contributed by atoms with Crippen molar-refractivity contribution < 1.29 is 24.0 Å². The van der Waals surface area contributed by atoms with Crippen molar-refractivity contribution in [3.8, 4) is 0 Å². The molecule has 2 aromatic carbocycles. The Morgan fingerprint density at radius 1 is 1.07 bits per heavy atom. The van der Waals surface area contributed by atoms with Crippen molar-refractivity contribution in [1.82, 2.24) is 5.32 Å². The Labute approximate surface area is 177 Å². The van der Waals surface area contributed by atoms with Crippen LogP contribution in [-0.4, -0.2) is 35.9 Å². The Morgan fingerprint density at radius 3 is 2.37 bits per heavy atom. The standard InChI is InChI=1S/C20H20ClN3O6/c1-3-7-22-19(26)16-6-5-14(11-17(16)21)23-18(25)12-8-13(20(27)30-4-2)10-15(9-12)24(28)29/h5-6,8-11H,3-4,7H2,1-2H3,(H,22,26)(H,23,25). The summed E-state index contributed by atoms with van der Waals surface area (Å²) in [6.45, 7) is 4.10. The van der Waals surface area contributed by atoms with E-state index in [2.05, 4.69) is 10.6 Å². The maximum atomic E-state index is 12.6. The number of hydrogen-bond donors (Lipinski definition) is 2. The number of non-ortho nitro benzene ring substituents is 1. The molecule has 0 aromatic heterocycles. The molecule has 158 valence electrons. The second-order valence-electron chi connectivity index (χ2n) is 6.15. The molecule has 9 nitrogen and oxygen atoms in total. The predicted octanol–water partition coefficient (Wildman–Crippen LogP) is 3.82. The minimum absolute atomic E-state index is 0.0831. The monoisotopic (exact) mass is 433 g/mol. The highest BCUT2D eigenvalue weighted by Gasteiger charge is 2.19. The van der Waals surface area contributed by atoms with Crippen molar-refractivity contribution >= 4 is 40.8 Å². The molecule has 0 radical (unpaired) electrons. The number of anilines is 1. The van der Waals surface area contributed by atoms with Crippen LogP contribution in [0.15, 0.2) is 36.4 Å². The van der Waals surface area contributed by atoms with Crippen LogP contribution in [0.1, 0.15) is 51.3 Å². The second kappa shape index (κ2) is 10.4. The number of rotatable bonds is 8. The Kier molecular flexibility index (Phi) is 7.88. The van der Waals surface area contributed by atoms with E-state index >= 15 is 0 Å². The number of nitro benzene ring substituents is 1. The predicted molar refractivity (Wildman–Crippen MR) is 111 cm³/mol. The third kappa shape index (κ3) is 5.77. The molecule has 0 atom stereocenters. The molecule has 0 saturated carbocycles. The van der Waals surface area contributed by atoms with Gasteiger partial charge in [0.2, 0.25) is 0 Å². The number of nitrogens with zero attached hydrogens (tertiary/aromatic N) is 1. The number of amides is 2. The highest BCUT2D eigenvalue weighted by molar-refractivity contribution is 6.34. The maximum absolute atomic E-state index is 12.6. The van der Waals surface area contributed by atoms with Crippen molar-refractivity contribution in [1.29, 1.82) is 0 Å². The van der Waals surface area contributed by atoms with Crippen molar-refractivity contribution in [2.24, 2.45) is 0 Å². The van der Waals surface area contributed by atoms with Crippen LogP contribution in [0.4, 0.5) is 11.4 Å². The number of carbonyl (C=O) groups is 3. The van der Waals surface area contributed by atoms with Gasteiger partial charge in [-0.15, -0.1) is 0 Å². The molecule has 0 spiro atoms. The third-order valence-electron chi connectivity index (χ3n) is 3.91. The summed E-state index contributed by atoms with van der Waals surface area (Å²) >= 11 is 6.14. The molecule has 0 heterocycles. The Hall–Kier alpha value is -3.46. The summed E-state index contributed by atoms with van der Waals surface area (Å²) in [7, 11) is 0. The van der Waals surface area contributed by atoms with Gasteiger partial charge in [-0.1, -0.05) is 18.5 Å². The summed E-state index contributed by atoms with van der Waals surface area (Å²) in [4.78, 5) is 47.0. The average Bonchev–Trinajstić information content (AvgIpc) is 2.71. The summed E-state index contributed by atoms with van der Waals surface area (Å²) in [5.41, 5.74) is -0.110. The minimum Gasteiger partial charge on any atom is -0.462 e. The molecule has 0 fully saturated rings. The third-order valence-corrected chi connectivity index (χ3v) is 4.22. The molecule has 2 rings (SSSR count). The molecule has 0 aliphatic carbocycles. The first-order valence-electron chi connectivity index (χ1n) is 9.12. The number of hydrogen-bond acceptors (Lipinski definition) is 6. The number of halogens is 1. The largest absolute Gasteiger partial charge is 0.462 e. The van der Waals surface area contributed by atoms with Gasteiger partial charge >= 0.3 is 5.97 Å². The van der Waals surface area contributed by atoms with Gasteiger partial charge in [0.1, 0.15) is 0 Å². The molecular weight excluding hydrogens is 414 g/mol. The first kappa shape index (κ1) is 22.8. The SMILES string of the molecule is CCCNC(=O)c1ccc(NC(=O)c2cc(C(=O)OCC)cc([N+](=O)[O-])c2)cc1Cl. The lowest BCUT2D eigenvalue weighted by atomic mass is 10.1. The van der Waals surface area contributed by atoms with Crippen molar-refractivity contribution in [3.63, 3.8) is 0 Å². The summed E-state index contributed by atoms with van der Waals surface area (Å²) in [6, 6.07) is 7.62. The normalized spacial score (nSPS) is 10.2. The summed E-state index contributed by atoms with van der Waals surface area (Å²) < 4.78 is 4.85. The van der Waals surface area contributed by atoms with Crippen LogP contribution < -0.4 is 10.6 Å². The summed E-state index contributed by atoms with van der Waals surface area (Å²) in [6.07, 6.45) is 0.772. The summed E-state index contributed by atoms with van der Waals surface area (Å²) in [5.74, 6) is -1.80. The molecule has 0 unspecified atom stereocenters. The minimum atomic E-state index is -0.777. The zero-order valence-electron chi connectivity index (χ0n) is 16.4. The lowest BCUT2D eigenvalue weighted by molar-refractivity contribution is -0.384. The van der Waals surface area contributed by atoms with Gasteiger partial charge in [0.15, 0.2) is 0 Å². The van der Waals surface area contributed by atoms with E-state index in [0.717, 1.165) is 18.6 Å². The molecule has 0 aliphatic rings. The van der Waals surface area contributed by atoms with Gasteiger partial charge < -0.3 is 15.4 Å². The van der Waals surface area contributed by atoms with E-state index in [1.807, 2.05) is 6.92 Å². The fourth-order valence-electron chi connectivity index (χ4n) is 2.49. The van der Waals surface area contributed by atoms with Crippen LogP contribution in [0.2, 0.25) is 5.02 Å². The quantitative estimate of drug-likeness (QED) is 0.370. The van der Waals surface area contributed by atoms with Crippen molar-refractivity contribution in [2.75, 3.05) is 18.5 Å². The highest BCUT2D eigenvalue weighted by atomic mass is 35.5. The topological polar surface area (TPSA) is 128 Å². The van der Waals surface area contributed by atoms with Gasteiger partial charge in [-0.05, 0) is 37.6 Å². The van der Waals surface area contributed by atoms with Crippen LogP contribution in [-0.2, 0) is 4.74 Å². The fraction of sp³-hybridized carbons (Fsp3) is 0.250. The first-order chi connectivity index (χ1) is 14.3. The van der Waals surface area contributed by atoms with E-state index in [0.29, 0.717) is 6.54 Å². The van der Waals surface area contributed by atoms with Crippen LogP contribution in [0.5, 0.6) is 0 Å². The van der Waals surface area contributed by atoms with Gasteiger partial charge in [0.25, 0.3) is 17.5 Å². The van der Waals surface area contributed by atoms with E-state index in [-0.39, 0.29) is 39.9 Å². The van der Waals surface area contributed by atoms with E-state index in [1.165, 1.54) is 24.3 Å². The Morgan fingerprint density at radius 2 is 1.77 bits per heavy atom. The second-order valence-corrected chi connectivity index (χ2v) is 6.56. The molecule has 2 amide bonds. The van der Waals surface area contributed by atoms with Crippen LogP contribution in [0, 0.1) is 10.1 Å². The molecule has 2 aromatic rings. The van der Waals surface area contributed by atoms with Crippen molar-refractivity contribution in [2.45, 2.75) is 20.3 Å². The van der Waals surface area contributed by atoms with Gasteiger partial charge in [-0.3, -0.25) is 19.7 Å². The Bertz CT molecular complexity index is 993. The van der Waals surface area contributed by atoms with Crippen molar-refractivity contribution in [3.05, 3.63) is 68.2 Å². The van der Waals surface area contributed by atoms with Crippen LogP contribution in [0.25, 0.3) is 0 Å². The van der Waals surface area contributed by atoms with Gasteiger partial charge in [0.05, 0.1) is 27.7 Å². The molecular formula is C20H20ClN3O6. The zero-order chi connectivity index (χ0) is 22.3. The number of nitrogens with one attached hydrogen (secondary N) is 2. The molecule has 2 N–H and O–H groups in total. The van der Waals surface area contributed by atoms with E-state index in [4.69, 9.17) is 16.3 Å². The number of esters is 1. The smallest absolute Gasteiger partial charge is 0.338 e. The molecule has 30 heavy (non-hydrogen) atoms. The molecule has 0 bridgehead atoms. The maximum Gasteiger partial charge on any atom is 0.338 e. The average molecular weight is 434 g/mol. The lowest BCUT2D eigenvalue weighted by Crippen LogP contribution is -2.24. The zero-order valence-corrected chi connectivity index (χ0v) is 17.1. The Balaban J connectivity index is 2.26. The van der Waals surface area contributed by atoms with Crippen LogP contribution >= 0.6 is 11.6 Å². The van der Waals surface area contributed by atoms with Gasteiger partial charge in [0, 0.05) is 29.9 Å². The van der Waals surface area contributed by atoms with E-state index < -0.39 is 22.5 Å². The van der Waals surface area contributed by atoms with Crippen LogP contribution in [0.3, 0.4) is 0 Å². The number of nitro groups is 1. The lowest BCUT2D eigenvalue weighted by Gasteiger charge is -2.10.